The highest BCUT2D eigenvalue weighted by Gasteiger charge is 2.54. The van der Waals surface area contributed by atoms with Crippen molar-refractivity contribution in [1.82, 2.24) is 19.8 Å². The number of nitrogens with zero attached hydrogens (tertiary/aromatic N) is 4. The van der Waals surface area contributed by atoms with E-state index in [1.807, 2.05) is 24.2 Å². The summed E-state index contributed by atoms with van der Waals surface area (Å²) in [4.78, 5) is 24.0. The summed E-state index contributed by atoms with van der Waals surface area (Å²) < 4.78 is 6.00. The van der Waals surface area contributed by atoms with Gasteiger partial charge in [-0.15, -0.1) is 0 Å². The van der Waals surface area contributed by atoms with Crippen molar-refractivity contribution in [2.45, 2.75) is 25.4 Å². The van der Waals surface area contributed by atoms with Crippen molar-refractivity contribution in [3.05, 3.63) is 18.0 Å². The van der Waals surface area contributed by atoms with Crippen molar-refractivity contribution in [3.8, 4) is 0 Å². The molecular weight excluding hydrogens is 294 g/mol. The van der Waals surface area contributed by atoms with Gasteiger partial charge in [0.15, 0.2) is 0 Å². The Morgan fingerprint density at radius 3 is 2.78 bits per heavy atom. The summed E-state index contributed by atoms with van der Waals surface area (Å²) >= 11 is 0. The quantitative estimate of drug-likeness (QED) is 0.907. The second-order valence-corrected chi connectivity index (χ2v) is 6.73. The molecule has 0 bridgehead atoms. The Hall–Kier alpha value is -1.89. The van der Waals surface area contributed by atoms with Crippen LogP contribution in [0.3, 0.4) is 0 Å². The van der Waals surface area contributed by atoms with Crippen LogP contribution < -0.4 is 5.32 Å². The first kappa shape index (κ1) is 16.0. The molecule has 23 heavy (non-hydrogen) atoms. The normalized spacial score (nSPS) is 22.0. The Labute approximate surface area is 137 Å². The molecule has 2 aliphatic heterocycles. The van der Waals surface area contributed by atoms with Gasteiger partial charge in [0, 0.05) is 39.6 Å². The molecule has 0 unspecified atom stereocenters. The molecule has 7 nitrogen and oxygen atoms in total. The second-order valence-electron chi connectivity index (χ2n) is 6.73. The fraction of sp³-hybridized carbons (Fsp3) is 0.688. The molecule has 126 valence electrons. The van der Waals surface area contributed by atoms with Crippen LogP contribution in [-0.2, 0) is 4.74 Å². The Kier molecular flexibility index (Phi) is 4.39. The first-order valence-corrected chi connectivity index (χ1v) is 8.13. The minimum Gasteiger partial charge on any atom is -0.371 e. The number of carbonyl (C=O) groups excluding carboxylic acids is 1. The topological polar surface area (TPSA) is 70.6 Å². The number of likely N-dealkylation sites (tertiary alicyclic amines) is 1. The Morgan fingerprint density at radius 2 is 2.13 bits per heavy atom. The molecule has 3 rings (SSSR count). The lowest BCUT2D eigenvalue weighted by Gasteiger charge is -2.50. The van der Waals surface area contributed by atoms with Crippen LogP contribution in [0, 0.1) is 12.8 Å². The minimum atomic E-state index is -0.137. The van der Waals surface area contributed by atoms with Crippen molar-refractivity contribution in [2.24, 2.45) is 5.92 Å². The van der Waals surface area contributed by atoms with Crippen LogP contribution in [-0.4, -0.2) is 71.7 Å². The molecule has 1 atom stereocenters. The smallest absolute Gasteiger partial charge is 0.319 e. The molecule has 2 aliphatic rings. The number of hydrogen-bond donors (Lipinski definition) is 1. The third-order valence-corrected chi connectivity index (χ3v) is 4.73. The van der Waals surface area contributed by atoms with Crippen LogP contribution in [0.2, 0.25) is 0 Å². The summed E-state index contributed by atoms with van der Waals surface area (Å²) in [5.41, 5.74) is 0.917. The maximum Gasteiger partial charge on any atom is 0.319 e. The molecule has 1 aromatic rings. The molecule has 0 aromatic carbocycles. The molecular formula is C16H25N5O2. The maximum atomic E-state index is 12.0. The van der Waals surface area contributed by atoms with Crippen LogP contribution in [0.4, 0.5) is 10.7 Å². The molecule has 3 heterocycles. The minimum absolute atomic E-state index is 0.0658. The van der Waals surface area contributed by atoms with E-state index in [1.54, 1.807) is 19.0 Å². The zero-order chi connectivity index (χ0) is 16.4. The second kappa shape index (κ2) is 6.31. The van der Waals surface area contributed by atoms with E-state index >= 15 is 0 Å². The van der Waals surface area contributed by atoms with Gasteiger partial charge in [-0.1, -0.05) is 0 Å². The van der Waals surface area contributed by atoms with E-state index in [1.165, 1.54) is 0 Å². The molecule has 1 spiro atoms. The number of aryl methyl sites for hydroxylation is 1. The molecule has 1 N–H and O–H groups in total. The van der Waals surface area contributed by atoms with Gasteiger partial charge in [0.1, 0.15) is 5.60 Å². The summed E-state index contributed by atoms with van der Waals surface area (Å²) in [6, 6.07) is 0.0658. The highest BCUT2D eigenvalue weighted by Crippen LogP contribution is 2.41. The maximum absolute atomic E-state index is 12.0. The summed E-state index contributed by atoms with van der Waals surface area (Å²) in [5, 5.41) is 3.27. The molecule has 0 saturated carbocycles. The van der Waals surface area contributed by atoms with E-state index in [0.717, 1.165) is 31.6 Å². The Balaban J connectivity index is 1.49. The van der Waals surface area contributed by atoms with Crippen molar-refractivity contribution in [3.63, 3.8) is 0 Å². The monoisotopic (exact) mass is 319 g/mol. The summed E-state index contributed by atoms with van der Waals surface area (Å²) in [6.45, 7) is 4.99. The van der Waals surface area contributed by atoms with Gasteiger partial charge in [-0.05, 0) is 31.2 Å². The van der Waals surface area contributed by atoms with Crippen LogP contribution in [0.25, 0.3) is 0 Å². The standard InChI is InChI=1S/C16H25N5O2/c1-12-8-18-14(19-9-12)17-6-4-13-5-7-23-16(13)10-21(11-16)15(22)20(2)3/h8-9,13H,4-7,10-11H2,1-3H3,(H,17,18,19)/t13-/m1/s1. The molecule has 1 aromatic heterocycles. The molecule has 7 heteroatoms. The highest BCUT2D eigenvalue weighted by molar-refractivity contribution is 5.75. The van der Waals surface area contributed by atoms with E-state index < -0.39 is 0 Å². The van der Waals surface area contributed by atoms with Gasteiger partial charge in [0.25, 0.3) is 0 Å². The van der Waals surface area contributed by atoms with Crippen LogP contribution >= 0.6 is 0 Å². The fourth-order valence-corrected chi connectivity index (χ4v) is 3.40. The predicted octanol–water partition coefficient (Wildman–Crippen LogP) is 1.36. The molecule has 2 fully saturated rings. The van der Waals surface area contributed by atoms with E-state index in [9.17, 15) is 4.79 Å². The lowest BCUT2D eigenvalue weighted by Crippen LogP contribution is -2.67. The van der Waals surface area contributed by atoms with Crippen molar-refractivity contribution in [1.29, 1.82) is 0 Å². The molecule has 0 aliphatic carbocycles. The SMILES string of the molecule is Cc1cnc(NCC[C@@H]2CCOC23CN(C(=O)N(C)C)C3)nc1. The summed E-state index contributed by atoms with van der Waals surface area (Å²) in [7, 11) is 3.57. The summed E-state index contributed by atoms with van der Waals surface area (Å²) in [6.07, 6.45) is 5.68. The third kappa shape index (κ3) is 3.24. The Bertz CT molecular complexity index is 554. The Morgan fingerprint density at radius 1 is 1.43 bits per heavy atom. The van der Waals surface area contributed by atoms with Gasteiger partial charge in [-0.2, -0.15) is 0 Å². The molecule has 2 saturated heterocycles. The van der Waals surface area contributed by atoms with Gasteiger partial charge in [-0.25, -0.2) is 14.8 Å². The number of aromatic nitrogens is 2. The number of carbonyl (C=O) groups is 1. The largest absolute Gasteiger partial charge is 0.371 e. The van der Waals surface area contributed by atoms with Crippen molar-refractivity contribution >= 4 is 12.0 Å². The van der Waals surface area contributed by atoms with Crippen molar-refractivity contribution in [2.75, 3.05) is 45.7 Å². The van der Waals surface area contributed by atoms with Crippen LogP contribution in [0.15, 0.2) is 12.4 Å². The number of urea groups is 1. The van der Waals surface area contributed by atoms with E-state index in [-0.39, 0.29) is 11.6 Å². The van der Waals surface area contributed by atoms with E-state index in [0.29, 0.717) is 25.0 Å². The fourth-order valence-electron chi connectivity index (χ4n) is 3.40. The number of hydrogen-bond acceptors (Lipinski definition) is 5. The van der Waals surface area contributed by atoms with E-state index in [2.05, 4.69) is 15.3 Å². The summed E-state index contributed by atoms with van der Waals surface area (Å²) in [5.74, 6) is 1.15. The van der Waals surface area contributed by atoms with Gasteiger partial charge >= 0.3 is 6.03 Å². The first-order valence-electron chi connectivity index (χ1n) is 8.13. The van der Waals surface area contributed by atoms with E-state index in [4.69, 9.17) is 4.74 Å². The zero-order valence-corrected chi connectivity index (χ0v) is 14.1. The third-order valence-electron chi connectivity index (χ3n) is 4.73. The number of anilines is 1. The van der Waals surface area contributed by atoms with Gasteiger partial charge in [0.05, 0.1) is 13.1 Å². The van der Waals surface area contributed by atoms with Gasteiger partial charge in [-0.3, -0.25) is 0 Å². The predicted molar refractivity (Wildman–Crippen MR) is 87.3 cm³/mol. The lowest BCUT2D eigenvalue weighted by molar-refractivity contribution is -0.117. The first-order chi connectivity index (χ1) is 11.0. The van der Waals surface area contributed by atoms with Crippen LogP contribution in [0.1, 0.15) is 18.4 Å². The average molecular weight is 319 g/mol. The number of nitrogens with one attached hydrogen (secondary N) is 1. The van der Waals surface area contributed by atoms with Crippen molar-refractivity contribution < 1.29 is 9.53 Å². The lowest BCUT2D eigenvalue weighted by atomic mass is 9.79. The number of ether oxygens (including phenoxy) is 1. The van der Waals surface area contributed by atoms with Gasteiger partial charge in [0.2, 0.25) is 5.95 Å². The molecule has 0 radical (unpaired) electrons. The average Bonchev–Trinajstić information content (AvgIpc) is 2.91. The number of amides is 2. The van der Waals surface area contributed by atoms with Gasteiger partial charge < -0.3 is 19.9 Å². The zero-order valence-electron chi connectivity index (χ0n) is 14.1. The highest BCUT2D eigenvalue weighted by atomic mass is 16.5. The molecule has 2 amide bonds. The van der Waals surface area contributed by atoms with Crippen LogP contribution in [0.5, 0.6) is 0 Å². The number of rotatable bonds is 4.